The Morgan fingerprint density at radius 3 is 1.79 bits per heavy atom. The van der Waals surface area contributed by atoms with Crippen molar-refractivity contribution in [2.75, 3.05) is 13.2 Å². The Labute approximate surface area is 177 Å². The van der Waals surface area contributed by atoms with Crippen LogP contribution in [0.25, 0.3) is 0 Å². The van der Waals surface area contributed by atoms with E-state index < -0.39 is 23.6 Å². The molecule has 160 valence electrons. The van der Waals surface area contributed by atoms with Crippen molar-refractivity contribution in [1.29, 1.82) is 0 Å². The fraction of sp³-hybridized carbons (Fsp3) is 0.600. The number of halogens is 1. The van der Waals surface area contributed by atoms with Crippen LogP contribution < -0.4 is 14.8 Å². The number of β-amino-alcohol motifs (C(OH)–C–C–N with tert-alkyl or cyclic N) is 1. The lowest BCUT2D eigenvalue weighted by atomic mass is 10.0. The lowest BCUT2D eigenvalue weighted by molar-refractivity contribution is -0.138. The largest absolute Gasteiger partial charge is 0.426 e. The summed E-state index contributed by atoms with van der Waals surface area (Å²) >= 11 is 0. The summed E-state index contributed by atoms with van der Waals surface area (Å²) in [5.41, 5.74) is -0.132. The van der Waals surface area contributed by atoms with Crippen LogP contribution >= 0.6 is 17.0 Å². The molecule has 1 rings (SSSR count). The van der Waals surface area contributed by atoms with Crippen molar-refractivity contribution in [3.8, 4) is 11.5 Å². The van der Waals surface area contributed by atoms with Gasteiger partial charge in [-0.15, -0.1) is 17.0 Å². The molecule has 8 heteroatoms. The number of ether oxygens (including phenoxy) is 2. The monoisotopic (exact) mass is 461 g/mol. The van der Waals surface area contributed by atoms with Crippen LogP contribution in [0.5, 0.6) is 11.5 Å². The van der Waals surface area contributed by atoms with Gasteiger partial charge in [-0.05, 0) is 31.5 Å². The van der Waals surface area contributed by atoms with Crippen molar-refractivity contribution in [3.05, 3.63) is 23.8 Å². The van der Waals surface area contributed by atoms with E-state index >= 15 is 0 Å². The third-order valence-corrected chi connectivity index (χ3v) is 3.84. The average Bonchev–Trinajstić information content (AvgIpc) is 2.59. The van der Waals surface area contributed by atoms with Crippen molar-refractivity contribution >= 4 is 28.9 Å². The molecule has 0 fully saturated rings. The second kappa shape index (κ2) is 11.5. The van der Waals surface area contributed by atoms with Crippen LogP contribution in [-0.2, 0) is 9.59 Å². The maximum Gasteiger partial charge on any atom is 0.313 e. The summed E-state index contributed by atoms with van der Waals surface area (Å²) in [6.07, 6.45) is -0.954. The number of carbonyl (C=O) groups is 2. The van der Waals surface area contributed by atoms with Gasteiger partial charge in [-0.2, -0.15) is 0 Å². The van der Waals surface area contributed by atoms with E-state index in [4.69, 9.17) is 9.47 Å². The van der Waals surface area contributed by atoms with Gasteiger partial charge >= 0.3 is 11.9 Å². The standard InChI is InChI=1S/C20H31NO6.BrH/c1-12(2)18(24)26-15-7-14(17(23)10-21-20(5,6)11-22)8-16(9-15)27-19(25)13(3)4;/h7-9,12-13,17,21-23H,10-11H2,1-6H3;1H. The van der Waals surface area contributed by atoms with Gasteiger partial charge in [0.15, 0.2) is 0 Å². The minimum absolute atomic E-state index is 0. The van der Waals surface area contributed by atoms with E-state index in [0.29, 0.717) is 5.56 Å². The number of nitrogens with one attached hydrogen (secondary N) is 1. The Morgan fingerprint density at radius 2 is 1.43 bits per heavy atom. The summed E-state index contributed by atoms with van der Waals surface area (Å²) in [6, 6.07) is 4.51. The van der Waals surface area contributed by atoms with E-state index in [0.717, 1.165) is 0 Å². The second-order valence-corrected chi connectivity index (χ2v) is 7.83. The summed E-state index contributed by atoms with van der Waals surface area (Å²) in [5.74, 6) is -1.12. The van der Waals surface area contributed by atoms with Crippen LogP contribution in [0.1, 0.15) is 53.2 Å². The number of aliphatic hydroxyl groups excluding tert-OH is 2. The molecule has 1 aromatic carbocycles. The van der Waals surface area contributed by atoms with E-state index in [2.05, 4.69) is 5.32 Å². The molecule has 0 aromatic heterocycles. The topological polar surface area (TPSA) is 105 Å². The van der Waals surface area contributed by atoms with E-state index in [1.165, 1.54) is 18.2 Å². The number of hydrogen-bond acceptors (Lipinski definition) is 7. The molecule has 0 aliphatic carbocycles. The molecular formula is C20H32BrNO6. The summed E-state index contributed by atoms with van der Waals surface area (Å²) in [4.78, 5) is 23.8. The van der Waals surface area contributed by atoms with Gasteiger partial charge in [-0.25, -0.2) is 0 Å². The third kappa shape index (κ3) is 8.68. The first-order valence-electron chi connectivity index (χ1n) is 9.07. The molecule has 1 atom stereocenters. The molecule has 0 heterocycles. The molecule has 0 saturated heterocycles. The van der Waals surface area contributed by atoms with Gasteiger partial charge in [0.1, 0.15) is 11.5 Å². The van der Waals surface area contributed by atoms with E-state index in [-0.39, 0.29) is 53.5 Å². The molecule has 1 unspecified atom stereocenters. The first-order chi connectivity index (χ1) is 12.4. The second-order valence-electron chi connectivity index (χ2n) is 7.83. The lowest BCUT2D eigenvalue weighted by Crippen LogP contribution is -2.44. The third-order valence-electron chi connectivity index (χ3n) is 3.84. The molecule has 7 nitrogen and oxygen atoms in total. The van der Waals surface area contributed by atoms with E-state index in [9.17, 15) is 19.8 Å². The quantitative estimate of drug-likeness (QED) is 0.383. The van der Waals surface area contributed by atoms with E-state index in [1.807, 2.05) is 0 Å². The van der Waals surface area contributed by atoms with Crippen LogP contribution in [0.15, 0.2) is 18.2 Å². The van der Waals surface area contributed by atoms with Gasteiger partial charge in [-0.3, -0.25) is 9.59 Å². The molecule has 0 aliphatic heterocycles. The highest BCUT2D eigenvalue weighted by atomic mass is 79.9. The Kier molecular flexibility index (Phi) is 10.9. The van der Waals surface area contributed by atoms with Gasteiger partial charge in [-0.1, -0.05) is 27.7 Å². The molecule has 0 bridgehead atoms. The van der Waals surface area contributed by atoms with Crippen LogP contribution in [0.3, 0.4) is 0 Å². The van der Waals surface area contributed by atoms with Crippen molar-refractivity contribution < 1.29 is 29.3 Å². The normalized spacial score (nSPS) is 12.5. The zero-order chi connectivity index (χ0) is 20.8. The first-order valence-corrected chi connectivity index (χ1v) is 9.07. The Morgan fingerprint density at radius 1 is 1.00 bits per heavy atom. The summed E-state index contributed by atoms with van der Waals surface area (Å²) < 4.78 is 10.6. The minimum Gasteiger partial charge on any atom is -0.426 e. The zero-order valence-corrected chi connectivity index (χ0v) is 19.0. The average molecular weight is 462 g/mol. The van der Waals surface area contributed by atoms with Gasteiger partial charge in [0.05, 0.1) is 24.5 Å². The molecular weight excluding hydrogens is 430 g/mol. The first kappa shape index (κ1) is 26.5. The highest BCUT2D eigenvalue weighted by molar-refractivity contribution is 8.93. The number of carbonyl (C=O) groups excluding carboxylic acids is 2. The van der Waals surface area contributed by atoms with Gasteiger partial charge < -0.3 is 25.0 Å². The van der Waals surface area contributed by atoms with Crippen LogP contribution in [0, 0.1) is 11.8 Å². The van der Waals surface area contributed by atoms with Gasteiger partial charge in [0, 0.05) is 18.2 Å². The van der Waals surface area contributed by atoms with Crippen LogP contribution in [-0.4, -0.2) is 40.8 Å². The Hall–Kier alpha value is -1.48. The number of benzene rings is 1. The maximum absolute atomic E-state index is 11.9. The van der Waals surface area contributed by atoms with Crippen LogP contribution in [0.2, 0.25) is 0 Å². The van der Waals surface area contributed by atoms with Crippen molar-refractivity contribution in [2.24, 2.45) is 11.8 Å². The minimum atomic E-state index is -0.954. The molecule has 0 aliphatic rings. The molecule has 0 radical (unpaired) electrons. The Bertz CT molecular complexity index is 620. The summed E-state index contributed by atoms with van der Waals surface area (Å²) in [5, 5.41) is 22.8. The number of rotatable bonds is 9. The van der Waals surface area contributed by atoms with Crippen LogP contribution in [0.4, 0.5) is 0 Å². The molecule has 0 spiro atoms. The fourth-order valence-corrected chi connectivity index (χ4v) is 1.92. The molecule has 3 N–H and O–H groups in total. The van der Waals surface area contributed by atoms with E-state index in [1.54, 1.807) is 41.5 Å². The fourth-order valence-electron chi connectivity index (χ4n) is 1.92. The zero-order valence-electron chi connectivity index (χ0n) is 17.3. The van der Waals surface area contributed by atoms with Gasteiger partial charge in [0.25, 0.3) is 0 Å². The highest BCUT2D eigenvalue weighted by Crippen LogP contribution is 2.28. The molecule has 0 saturated carbocycles. The molecule has 28 heavy (non-hydrogen) atoms. The molecule has 1 aromatic rings. The number of aliphatic hydroxyl groups is 2. The molecule has 0 amide bonds. The number of hydrogen-bond donors (Lipinski definition) is 3. The SMILES string of the molecule is Br.CC(C)C(=O)Oc1cc(OC(=O)C(C)C)cc(C(O)CNC(C)(C)CO)c1. The predicted octanol–water partition coefficient (Wildman–Crippen LogP) is 2.78. The van der Waals surface area contributed by atoms with Crippen molar-refractivity contribution in [3.63, 3.8) is 0 Å². The number of esters is 2. The maximum atomic E-state index is 11.9. The smallest absolute Gasteiger partial charge is 0.313 e. The summed E-state index contributed by atoms with van der Waals surface area (Å²) in [6.45, 7) is 10.5. The van der Waals surface area contributed by atoms with Crippen molar-refractivity contribution in [2.45, 2.75) is 53.2 Å². The predicted molar refractivity (Wildman–Crippen MR) is 112 cm³/mol. The summed E-state index contributed by atoms with van der Waals surface area (Å²) in [7, 11) is 0. The lowest BCUT2D eigenvalue weighted by Gasteiger charge is -2.25. The van der Waals surface area contributed by atoms with Gasteiger partial charge in [0.2, 0.25) is 0 Å². The Balaban J connectivity index is 0.00000729. The van der Waals surface area contributed by atoms with Crippen molar-refractivity contribution in [1.82, 2.24) is 5.32 Å². The highest BCUT2D eigenvalue weighted by Gasteiger charge is 2.20.